The third-order valence-electron chi connectivity index (χ3n) is 7.01. The van der Waals surface area contributed by atoms with E-state index in [0.29, 0.717) is 16.0 Å². The molecule has 1 atom stereocenters. The first kappa shape index (κ1) is 37.1. The summed E-state index contributed by atoms with van der Waals surface area (Å²) < 4.78 is 21.4. The quantitative estimate of drug-likeness (QED) is 0.0233. The molecule has 0 aromatic heterocycles. The summed E-state index contributed by atoms with van der Waals surface area (Å²) in [4.78, 5) is 67.9. The number of nitro benzene ring substituents is 1. The van der Waals surface area contributed by atoms with Crippen LogP contribution in [0.4, 0.5) is 20.1 Å². The normalized spacial score (nSPS) is 11.4. The van der Waals surface area contributed by atoms with Gasteiger partial charge in [0.15, 0.2) is 5.96 Å². The van der Waals surface area contributed by atoms with Gasteiger partial charge < -0.3 is 24.7 Å². The predicted molar refractivity (Wildman–Crippen MR) is 183 cm³/mol. The summed E-state index contributed by atoms with van der Waals surface area (Å²) >= 11 is 0. The first-order chi connectivity index (χ1) is 24.7. The molecule has 0 bridgehead atoms. The summed E-state index contributed by atoms with van der Waals surface area (Å²) in [7, 11) is 0. The van der Waals surface area contributed by atoms with Gasteiger partial charge in [0.1, 0.15) is 31.6 Å². The number of nitrogens with one attached hydrogen (secondary N) is 1. The number of hydrogen-bond acceptors (Lipinski definition) is 11. The van der Waals surface area contributed by atoms with Gasteiger partial charge in [-0.15, -0.1) is 0 Å². The fourth-order valence-electron chi connectivity index (χ4n) is 4.47. The highest BCUT2D eigenvalue weighted by molar-refractivity contribution is 5.94. The number of rotatable bonds is 14. The molecule has 0 aliphatic rings. The highest BCUT2D eigenvalue weighted by Crippen LogP contribution is 2.21. The number of non-ortho nitro benzene ring substituents is 1. The van der Waals surface area contributed by atoms with E-state index in [1.54, 1.807) is 84.9 Å². The number of guanidine groups is 1. The summed E-state index contributed by atoms with van der Waals surface area (Å²) in [5.74, 6) is -1.40. The highest BCUT2D eigenvalue weighted by Gasteiger charge is 2.38. The number of imide groups is 1. The fraction of sp³-hybridized carbons (Fsp3) is 0.194. The number of nitrogens with two attached hydrogens (primary N) is 1. The maximum absolute atomic E-state index is 13.6. The SMILES string of the molecule is NC(=NCCC[C@@H](C(=O)Oc1ccc([N+](=O)[O-])cc1)N(C(=O)OCc1ccccc1)C(=O)OCc1ccccc1)NC(=O)OCc1ccccc1. The number of ether oxygens (including phenoxy) is 4. The van der Waals surface area contributed by atoms with Crippen LogP contribution in [0.1, 0.15) is 29.5 Å². The summed E-state index contributed by atoms with van der Waals surface area (Å²) in [6.07, 6.45) is -3.36. The molecule has 0 radical (unpaired) electrons. The van der Waals surface area contributed by atoms with E-state index >= 15 is 0 Å². The molecule has 0 heterocycles. The van der Waals surface area contributed by atoms with Crippen molar-refractivity contribution >= 4 is 35.9 Å². The van der Waals surface area contributed by atoms with Gasteiger partial charge in [0, 0.05) is 18.7 Å². The van der Waals surface area contributed by atoms with Crippen LogP contribution in [0.3, 0.4) is 0 Å². The number of esters is 1. The molecule has 264 valence electrons. The minimum Gasteiger partial charge on any atom is -0.444 e. The van der Waals surface area contributed by atoms with E-state index in [1.807, 2.05) is 6.07 Å². The van der Waals surface area contributed by atoms with Crippen molar-refractivity contribution in [1.82, 2.24) is 10.2 Å². The molecule has 4 rings (SSSR count). The number of nitrogens with zero attached hydrogens (tertiary/aromatic N) is 3. The molecule has 0 fully saturated rings. The second kappa shape index (κ2) is 19.3. The van der Waals surface area contributed by atoms with E-state index in [2.05, 4.69) is 10.3 Å². The van der Waals surface area contributed by atoms with Crippen molar-refractivity contribution in [2.75, 3.05) is 6.54 Å². The van der Waals surface area contributed by atoms with Crippen molar-refractivity contribution in [2.45, 2.75) is 38.7 Å². The molecular formula is C36H35N5O10. The number of nitro groups is 1. The fourth-order valence-corrected chi connectivity index (χ4v) is 4.47. The van der Waals surface area contributed by atoms with E-state index in [1.165, 1.54) is 12.1 Å². The second-order valence-electron chi connectivity index (χ2n) is 10.7. The van der Waals surface area contributed by atoms with Crippen molar-refractivity contribution in [1.29, 1.82) is 0 Å². The lowest BCUT2D eigenvalue weighted by atomic mass is 10.1. The van der Waals surface area contributed by atoms with Gasteiger partial charge in [0.2, 0.25) is 0 Å². The van der Waals surface area contributed by atoms with Crippen LogP contribution in [0.25, 0.3) is 0 Å². The zero-order valence-electron chi connectivity index (χ0n) is 27.3. The van der Waals surface area contributed by atoms with Crippen LogP contribution in [0, 0.1) is 10.1 Å². The van der Waals surface area contributed by atoms with Gasteiger partial charge in [-0.1, -0.05) is 91.0 Å². The molecule has 0 saturated carbocycles. The lowest BCUT2D eigenvalue weighted by Gasteiger charge is -2.27. The van der Waals surface area contributed by atoms with Crippen LogP contribution in [0.5, 0.6) is 5.75 Å². The molecule has 3 N–H and O–H groups in total. The predicted octanol–water partition coefficient (Wildman–Crippen LogP) is 5.87. The number of carbonyl (C=O) groups excluding carboxylic acids is 4. The smallest absolute Gasteiger partial charge is 0.420 e. The van der Waals surface area contributed by atoms with Crippen molar-refractivity contribution in [3.63, 3.8) is 0 Å². The molecule has 0 spiro atoms. The molecule has 0 aliphatic heterocycles. The van der Waals surface area contributed by atoms with Crippen LogP contribution >= 0.6 is 0 Å². The molecule has 4 aromatic rings. The number of amides is 3. The lowest BCUT2D eigenvalue weighted by molar-refractivity contribution is -0.384. The summed E-state index contributed by atoms with van der Waals surface area (Å²) in [5.41, 5.74) is 7.61. The van der Waals surface area contributed by atoms with Crippen LogP contribution in [0.2, 0.25) is 0 Å². The Balaban J connectivity index is 1.50. The van der Waals surface area contributed by atoms with E-state index in [9.17, 15) is 29.3 Å². The summed E-state index contributed by atoms with van der Waals surface area (Å²) in [6, 6.07) is 29.4. The standard InChI is InChI=1S/C36H35N5O10/c37-33(39-34(43)48-23-26-11-4-1-5-12-26)38-22-10-17-31(32(42)51-30-20-18-29(19-21-30)41(46)47)40(35(44)49-24-27-13-6-2-7-14-27)36(45)50-25-28-15-8-3-9-16-28/h1-9,11-16,18-21,31H,10,17,22-25H2,(H3,37,38,39,43)/t31-/m0/s1. The van der Waals surface area contributed by atoms with Gasteiger partial charge in [-0.2, -0.15) is 4.90 Å². The molecule has 4 aromatic carbocycles. The number of alkyl carbamates (subject to hydrolysis) is 1. The molecular weight excluding hydrogens is 662 g/mol. The first-order valence-corrected chi connectivity index (χ1v) is 15.6. The van der Waals surface area contributed by atoms with Gasteiger partial charge in [0.05, 0.1) is 4.92 Å². The Morgan fingerprint density at radius 2 is 1.20 bits per heavy atom. The monoisotopic (exact) mass is 697 g/mol. The molecule has 15 nitrogen and oxygen atoms in total. The molecule has 0 aliphatic carbocycles. The maximum Gasteiger partial charge on any atom is 0.420 e. The Hall–Kier alpha value is -6.77. The summed E-state index contributed by atoms with van der Waals surface area (Å²) in [6.45, 7) is -0.495. The number of hydrogen-bond donors (Lipinski definition) is 2. The lowest BCUT2D eigenvalue weighted by Crippen LogP contribution is -2.50. The van der Waals surface area contributed by atoms with Gasteiger partial charge in [0.25, 0.3) is 5.69 Å². The number of carbonyl (C=O) groups is 4. The Labute approximate surface area is 292 Å². The zero-order valence-corrected chi connectivity index (χ0v) is 27.3. The largest absolute Gasteiger partial charge is 0.444 e. The van der Waals surface area contributed by atoms with E-state index in [4.69, 9.17) is 24.7 Å². The third-order valence-corrected chi connectivity index (χ3v) is 7.01. The average Bonchev–Trinajstić information content (AvgIpc) is 3.14. The van der Waals surface area contributed by atoms with Gasteiger partial charge in [-0.05, 0) is 41.7 Å². The van der Waals surface area contributed by atoms with Crippen molar-refractivity contribution in [3.8, 4) is 5.75 Å². The number of benzene rings is 4. The molecule has 3 amide bonds. The van der Waals surface area contributed by atoms with Gasteiger partial charge in [-0.3, -0.25) is 20.4 Å². The van der Waals surface area contributed by atoms with Crippen molar-refractivity contribution < 1.29 is 43.0 Å². The topological polar surface area (TPSA) is 202 Å². The average molecular weight is 698 g/mol. The Kier molecular flexibility index (Phi) is 14.0. The molecule has 0 saturated heterocycles. The van der Waals surface area contributed by atoms with Crippen LogP contribution < -0.4 is 15.8 Å². The van der Waals surface area contributed by atoms with Crippen molar-refractivity contribution in [2.24, 2.45) is 10.7 Å². The maximum atomic E-state index is 13.6. The Bertz CT molecular complexity index is 1730. The minimum absolute atomic E-state index is 0.00901. The van der Waals surface area contributed by atoms with Crippen LogP contribution in [-0.2, 0) is 38.8 Å². The zero-order chi connectivity index (χ0) is 36.4. The molecule has 51 heavy (non-hydrogen) atoms. The third kappa shape index (κ3) is 12.3. The summed E-state index contributed by atoms with van der Waals surface area (Å²) in [5, 5.41) is 13.4. The first-order valence-electron chi connectivity index (χ1n) is 15.6. The van der Waals surface area contributed by atoms with Crippen LogP contribution in [-0.4, -0.2) is 52.6 Å². The van der Waals surface area contributed by atoms with E-state index in [0.717, 1.165) is 17.7 Å². The van der Waals surface area contributed by atoms with Crippen LogP contribution in [0.15, 0.2) is 120 Å². The Morgan fingerprint density at radius 3 is 1.67 bits per heavy atom. The van der Waals surface area contributed by atoms with E-state index < -0.39 is 35.2 Å². The molecule has 15 heteroatoms. The molecule has 0 unspecified atom stereocenters. The number of aliphatic imine (C=N–C) groups is 1. The highest BCUT2D eigenvalue weighted by atomic mass is 16.6. The second-order valence-corrected chi connectivity index (χ2v) is 10.7. The van der Waals surface area contributed by atoms with Gasteiger partial charge >= 0.3 is 24.2 Å². The minimum atomic E-state index is -1.60. The Morgan fingerprint density at radius 1 is 0.725 bits per heavy atom. The van der Waals surface area contributed by atoms with Gasteiger partial charge in [-0.25, -0.2) is 19.2 Å². The van der Waals surface area contributed by atoms with Crippen molar-refractivity contribution in [3.05, 3.63) is 142 Å². The van der Waals surface area contributed by atoms with E-state index in [-0.39, 0.29) is 56.6 Å².